The van der Waals surface area contributed by atoms with Crippen molar-refractivity contribution >= 4 is 5.97 Å². The molecule has 0 saturated carbocycles. The lowest BCUT2D eigenvalue weighted by atomic mass is 9.70. The van der Waals surface area contributed by atoms with Gasteiger partial charge in [-0.1, -0.05) is 50.1 Å². The molecule has 0 bridgehead atoms. The molecule has 0 saturated heterocycles. The van der Waals surface area contributed by atoms with Crippen molar-refractivity contribution in [3.63, 3.8) is 0 Å². The Morgan fingerprint density at radius 1 is 1.15 bits per heavy atom. The Balaban J connectivity index is 2.07. The normalized spacial score (nSPS) is 15.3. The van der Waals surface area contributed by atoms with Crippen LogP contribution >= 0.6 is 0 Å². The van der Waals surface area contributed by atoms with E-state index in [1.165, 1.54) is 7.11 Å². The third-order valence-corrected chi connectivity index (χ3v) is 5.15. The molecule has 2 aromatic carbocycles. The van der Waals surface area contributed by atoms with Gasteiger partial charge in [-0.2, -0.15) is 0 Å². The number of esters is 1. The molecule has 4 nitrogen and oxygen atoms in total. The van der Waals surface area contributed by atoms with Crippen LogP contribution in [-0.4, -0.2) is 23.3 Å². The average Bonchev–Trinajstić information content (AvgIpc) is 2.65. The third-order valence-electron chi connectivity index (χ3n) is 5.15. The lowest BCUT2D eigenvalue weighted by Gasteiger charge is -2.36. The SMILES string of the molecule is COC(=O)c1ccccc1C#CC(O)(O)c1cccc2c1C(C)(C)CCC2. The Morgan fingerprint density at radius 3 is 2.63 bits per heavy atom. The van der Waals surface area contributed by atoms with E-state index in [1.54, 1.807) is 30.3 Å². The van der Waals surface area contributed by atoms with Crippen LogP contribution in [0.1, 0.15) is 59.3 Å². The van der Waals surface area contributed by atoms with Crippen molar-refractivity contribution in [1.29, 1.82) is 0 Å². The predicted molar refractivity (Wildman–Crippen MR) is 103 cm³/mol. The zero-order valence-corrected chi connectivity index (χ0v) is 15.9. The fraction of sp³-hybridized carbons (Fsp3) is 0.348. The molecule has 0 fully saturated rings. The van der Waals surface area contributed by atoms with Crippen LogP contribution in [0.2, 0.25) is 0 Å². The summed E-state index contributed by atoms with van der Waals surface area (Å²) in [5.41, 5.74) is 3.02. The highest BCUT2D eigenvalue weighted by Gasteiger charge is 2.36. The van der Waals surface area contributed by atoms with Crippen LogP contribution < -0.4 is 0 Å². The number of hydrogen-bond acceptors (Lipinski definition) is 4. The zero-order valence-electron chi connectivity index (χ0n) is 15.9. The number of rotatable bonds is 2. The summed E-state index contributed by atoms with van der Waals surface area (Å²) in [5.74, 6) is 2.47. The van der Waals surface area contributed by atoms with Gasteiger partial charge in [-0.3, -0.25) is 0 Å². The molecule has 0 atom stereocenters. The van der Waals surface area contributed by atoms with Gasteiger partial charge in [-0.25, -0.2) is 4.79 Å². The number of methoxy groups -OCH3 is 1. The van der Waals surface area contributed by atoms with Crippen LogP contribution in [0.25, 0.3) is 0 Å². The van der Waals surface area contributed by atoms with Crippen molar-refractivity contribution in [3.05, 3.63) is 70.3 Å². The van der Waals surface area contributed by atoms with Gasteiger partial charge in [0.15, 0.2) is 0 Å². The van der Waals surface area contributed by atoms with Crippen molar-refractivity contribution in [2.45, 2.75) is 44.3 Å². The molecule has 27 heavy (non-hydrogen) atoms. The van der Waals surface area contributed by atoms with E-state index in [1.807, 2.05) is 12.1 Å². The smallest absolute Gasteiger partial charge is 0.339 e. The second-order valence-corrected chi connectivity index (χ2v) is 7.54. The monoisotopic (exact) mass is 364 g/mol. The maximum absolute atomic E-state index is 11.9. The molecule has 140 valence electrons. The molecular weight excluding hydrogens is 340 g/mol. The third kappa shape index (κ3) is 3.75. The average molecular weight is 364 g/mol. The van der Waals surface area contributed by atoms with Crippen LogP contribution in [0.4, 0.5) is 0 Å². The minimum atomic E-state index is -2.32. The first-order chi connectivity index (χ1) is 12.8. The fourth-order valence-electron chi connectivity index (χ4n) is 3.85. The molecule has 0 aromatic heterocycles. The molecule has 0 amide bonds. The second kappa shape index (κ2) is 7.19. The van der Waals surface area contributed by atoms with Gasteiger partial charge in [0.05, 0.1) is 12.7 Å². The van der Waals surface area contributed by atoms with Crippen molar-refractivity contribution in [1.82, 2.24) is 0 Å². The van der Waals surface area contributed by atoms with E-state index in [9.17, 15) is 15.0 Å². The summed E-state index contributed by atoms with van der Waals surface area (Å²) in [6.07, 6.45) is 2.97. The first-order valence-corrected chi connectivity index (χ1v) is 9.04. The molecule has 2 aromatic rings. The van der Waals surface area contributed by atoms with Gasteiger partial charge < -0.3 is 14.9 Å². The highest BCUT2D eigenvalue weighted by Crippen LogP contribution is 2.41. The molecule has 4 heteroatoms. The summed E-state index contributed by atoms with van der Waals surface area (Å²) in [4.78, 5) is 11.9. The molecule has 1 aliphatic rings. The van der Waals surface area contributed by atoms with Crippen LogP contribution in [-0.2, 0) is 22.4 Å². The van der Waals surface area contributed by atoms with E-state index < -0.39 is 11.8 Å². The molecule has 0 unspecified atom stereocenters. The number of hydrogen-bond donors (Lipinski definition) is 2. The molecule has 0 spiro atoms. The van der Waals surface area contributed by atoms with Gasteiger partial charge >= 0.3 is 5.97 Å². The first kappa shape index (κ1) is 19.2. The van der Waals surface area contributed by atoms with Gasteiger partial charge in [0, 0.05) is 11.1 Å². The Kier molecular flexibility index (Phi) is 5.10. The van der Waals surface area contributed by atoms with Crippen molar-refractivity contribution in [3.8, 4) is 11.8 Å². The second-order valence-electron chi connectivity index (χ2n) is 7.54. The van der Waals surface area contributed by atoms with Gasteiger partial charge in [-0.05, 0) is 53.9 Å². The Hall–Kier alpha value is -2.61. The van der Waals surface area contributed by atoms with Crippen molar-refractivity contribution in [2.24, 2.45) is 0 Å². The fourth-order valence-corrected chi connectivity index (χ4v) is 3.85. The van der Waals surface area contributed by atoms with Crippen molar-refractivity contribution in [2.75, 3.05) is 7.11 Å². The van der Waals surface area contributed by atoms with E-state index in [2.05, 4.69) is 25.7 Å². The highest BCUT2D eigenvalue weighted by atomic mass is 16.5. The number of ether oxygens (including phenoxy) is 1. The maximum atomic E-state index is 11.9. The Morgan fingerprint density at radius 2 is 1.89 bits per heavy atom. The topological polar surface area (TPSA) is 66.8 Å². The van der Waals surface area contributed by atoms with Crippen LogP contribution in [0.15, 0.2) is 42.5 Å². The van der Waals surface area contributed by atoms with Gasteiger partial charge in [0.25, 0.3) is 5.79 Å². The summed E-state index contributed by atoms with van der Waals surface area (Å²) < 4.78 is 4.76. The van der Waals surface area contributed by atoms with E-state index in [0.29, 0.717) is 16.7 Å². The molecule has 3 rings (SSSR count). The molecular formula is C23H24O4. The zero-order chi connectivity index (χ0) is 19.7. The summed E-state index contributed by atoms with van der Waals surface area (Å²) >= 11 is 0. The van der Waals surface area contributed by atoms with E-state index in [4.69, 9.17) is 4.74 Å². The quantitative estimate of drug-likeness (QED) is 0.488. The standard InChI is InChI=1S/C23H24O4/c1-22(2)14-7-10-17-9-6-12-19(20(17)22)23(25,26)15-13-16-8-4-5-11-18(16)21(24)27-3/h4-6,8-9,11-12,25-26H,7,10,14H2,1-3H3. The van der Waals surface area contributed by atoms with Gasteiger partial charge in [0.2, 0.25) is 0 Å². The highest BCUT2D eigenvalue weighted by molar-refractivity contribution is 5.92. The Bertz CT molecular complexity index is 929. The van der Waals surface area contributed by atoms with E-state index >= 15 is 0 Å². The number of carbonyl (C=O) groups is 1. The largest absolute Gasteiger partial charge is 0.465 e. The number of aliphatic hydroxyl groups is 2. The lowest BCUT2D eigenvalue weighted by molar-refractivity contribution is -0.117. The molecule has 1 aliphatic carbocycles. The first-order valence-electron chi connectivity index (χ1n) is 9.04. The lowest BCUT2D eigenvalue weighted by Crippen LogP contribution is -2.32. The number of aryl methyl sites for hydroxylation is 1. The van der Waals surface area contributed by atoms with Crippen LogP contribution in [0.5, 0.6) is 0 Å². The number of carbonyl (C=O) groups excluding carboxylic acids is 1. The molecule has 0 heterocycles. The molecule has 0 radical (unpaired) electrons. The molecule has 2 N–H and O–H groups in total. The maximum Gasteiger partial charge on any atom is 0.339 e. The van der Waals surface area contributed by atoms with Crippen LogP contribution in [0, 0.1) is 11.8 Å². The van der Waals surface area contributed by atoms with E-state index in [0.717, 1.165) is 30.4 Å². The Labute approximate surface area is 159 Å². The number of fused-ring (bicyclic) bond motifs is 1. The molecule has 0 aliphatic heterocycles. The number of benzene rings is 2. The van der Waals surface area contributed by atoms with E-state index in [-0.39, 0.29) is 5.41 Å². The van der Waals surface area contributed by atoms with Gasteiger partial charge in [0.1, 0.15) is 0 Å². The van der Waals surface area contributed by atoms with Crippen molar-refractivity contribution < 1.29 is 19.7 Å². The van der Waals surface area contributed by atoms with Gasteiger partial charge in [-0.15, -0.1) is 0 Å². The minimum Gasteiger partial charge on any atom is -0.465 e. The predicted octanol–water partition coefficient (Wildman–Crippen LogP) is 3.28. The van der Waals surface area contributed by atoms with Crippen LogP contribution in [0.3, 0.4) is 0 Å². The summed E-state index contributed by atoms with van der Waals surface area (Å²) in [6.45, 7) is 4.23. The summed E-state index contributed by atoms with van der Waals surface area (Å²) in [7, 11) is 1.30. The summed E-state index contributed by atoms with van der Waals surface area (Å²) in [5, 5.41) is 21.6. The summed E-state index contributed by atoms with van der Waals surface area (Å²) in [6, 6.07) is 12.3. The minimum absolute atomic E-state index is 0.160.